The Bertz CT molecular complexity index is 1850. The van der Waals surface area contributed by atoms with E-state index in [2.05, 4.69) is 39.7 Å². The fourth-order valence-electron chi connectivity index (χ4n) is 6.50. The van der Waals surface area contributed by atoms with Gasteiger partial charge in [0.2, 0.25) is 0 Å². The number of aromatic nitrogens is 2. The minimum absolute atomic E-state index is 0.0196. The minimum atomic E-state index is -1.27. The molecule has 53 heavy (non-hydrogen) atoms. The molecule has 1 aromatic heterocycles. The maximum Gasteiger partial charge on any atom is 0.305 e. The highest BCUT2D eigenvalue weighted by Gasteiger charge is 2.22. The number of ether oxygens (including phenoxy) is 2. The second-order valence-corrected chi connectivity index (χ2v) is 14.8. The van der Waals surface area contributed by atoms with Gasteiger partial charge < -0.3 is 33.9 Å². The van der Waals surface area contributed by atoms with Crippen LogP contribution in [0.4, 0.5) is 11.4 Å². The van der Waals surface area contributed by atoms with E-state index in [1.165, 1.54) is 0 Å². The van der Waals surface area contributed by atoms with E-state index >= 15 is 0 Å². The monoisotopic (exact) mass is 740 g/mol. The highest BCUT2D eigenvalue weighted by molar-refractivity contribution is 7.90. The molecule has 1 amide bonds. The van der Waals surface area contributed by atoms with Gasteiger partial charge in [-0.15, -0.1) is 0 Å². The first-order chi connectivity index (χ1) is 25.7. The Morgan fingerprint density at radius 3 is 2.42 bits per heavy atom. The number of carboxylic acids is 1. The van der Waals surface area contributed by atoms with E-state index in [0.29, 0.717) is 61.1 Å². The van der Waals surface area contributed by atoms with Crippen LogP contribution in [-0.2, 0) is 37.8 Å². The van der Waals surface area contributed by atoms with Gasteiger partial charge >= 0.3 is 5.97 Å². The molecule has 0 saturated heterocycles. The Morgan fingerprint density at radius 2 is 1.70 bits per heavy atom. The number of carbonyl (C=O) groups excluding carboxylic acids is 1. The predicted molar refractivity (Wildman–Crippen MR) is 212 cm³/mol. The number of benzene rings is 3. The number of aryl methyl sites for hydroxylation is 2. The van der Waals surface area contributed by atoms with Crippen molar-refractivity contribution in [3.05, 3.63) is 95.1 Å². The zero-order valence-electron chi connectivity index (χ0n) is 31.4. The quantitative estimate of drug-likeness (QED) is 0.0773. The number of amides is 1. The number of fused-ring (bicyclic) bond motifs is 1. The fourth-order valence-corrected chi connectivity index (χ4v) is 7.72. The molecule has 0 spiro atoms. The van der Waals surface area contributed by atoms with Crippen molar-refractivity contribution in [3.8, 4) is 16.9 Å². The van der Waals surface area contributed by atoms with E-state index in [0.717, 1.165) is 77.8 Å². The Labute approximate surface area is 316 Å². The second kappa shape index (κ2) is 19.5. The lowest BCUT2D eigenvalue weighted by Crippen LogP contribution is -2.29. The molecular weight excluding hydrogens is 689 g/mol. The highest BCUT2D eigenvalue weighted by atomic mass is 32.2. The largest absolute Gasteiger partial charge is 0.611 e. The molecule has 2 N–H and O–H groups in total. The van der Waals surface area contributed by atoms with Crippen molar-refractivity contribution in [2.24, 2.45) is 0 Å². The number of imidazole rings is 1. The molecular formula is C42H52N4O6S. The molecule has 0 bridgehead atoms. The number of hydrogen-bond donors (Lipinski definition) is 2. The van der Waals surface area contributed by atoms with Crippen molar-refractivity contribution in [1.29, 1.82) is 0 Å². The molecule has 0 saturated carbocycles. The van der Waals surface area contributed by atoms with Crippen LogP contribution in [0.25, 0.3) is 17.2 Å². The zero-order chi connectivity index (χ0) is 37.7. The second-order valence-electron chi connectivity index (χ2n) is 13.3. The summed E-state index contributed by atoms with van der Waals surface area (Å²) < 4.78 is 27.0. The van der Waals surface area contributed by atoms with Crippen LogP contribution in [0.3, 0.4) is 0 Å². The Morgan fingerprint density at radius 1 is 0.943 bits per heavy atom. The van der Waals surface area contributed by atoms with Gasteiger partial charge in [-0.2, -0.15) is 0 Å². The molecule has 282 valence electrons. The van der Waals surface area contributed by atoms with E-state index in [4.69, 9.17) is 9.47 Å². The van der Waals surface area contributed by atoms with E-state index in [9.17, 15) is 19.2 Å². The number of nitrogens with zero attached hydrogens (tertiary/aromatic N) is 3. The number of carboxylic acid groups (broad SMARTS) is 1. The van der Waals surface area contributed by atoms with Gasteiger partial charge in [-0.25, -0.2) is 4.98 Å². The number of aliphatic carboxylic acids is 1. The van der Waals surface area contributed by atoms with Crippen LogP contribution < -0.4 is 15.0 Å². The number of hydrogen-bond acceptors (Lipinski definition) is 7. The standard InChI is InChI=1S/C42H52N4O6S/c1-5-7-24-51-25-26-52-37-15-10-32(11-16-37)33-12-19-39-35(27-33)28-34(9-8-22-45(39)23-20-41(47)48)42(49)44-36-13-17-38(18-14-36)53(50)29-40-30(3)43-31(4)46(40)21-6-2/h10-19,27-28H,5-9,20-26,29H2,1-4H3,(H,44,49)(H,47,48)/b34-28+/t53-/m0/s1. The average molecular weight is 741 g/mol. The number of unbranched alkanes of at least 4 members (excludes halogenated alkanes) is 1. The molecule has 10 nitrogen and oxygen atoms in total. The SMILES string of the molecule is CCCCOCCOc1ccc(-c2ccc3c(c2)/C=C(/C(=O)Nc2ccc([S@@+]([O-])Cc4c(C)nc(C)n4CCC)cc2)CCCN3CCC(=O)O)cc1. The zero-order valence-corrected chi connectivity index (χ0v) is 32.2. The summed E-state index contributed by atoms with van der Waals surface area (Å²) in [5.41, 5.74) is 6.85. The Kier molecular flexibility index (Phi) is 14.6. The number of nitrogens with one attached hydrogen (secondary N) is 1. The molecule has 4 aromatic rings. The molecule has 11 heteroatoms. The summed E-state index contributed by atoms with van der Waals surface area (Å²) in [5.74, 6) is 1.02. The fraction of sp³-hybridized carbons (Fsp3) is 0.405. The lowest BCUT2D eigenvalue weighted by molar-refractivity contribution is -0.136. The molecule has 1 aliphatic heterocycles. The third kappa shape index (κ3) is 11.0. The molecule has 1 atom stereocenters. The molecule has 0 radical (unpaired) electrons. The van der Waals surface area contributed by atoms with Gasteiger partial charge in [0.15, 0.2) is 10.6 Å². The van der Waals surface area contributed by atoms with Crippen LogP contribution >= 0.6 is 0 Å². The first kappa shape index (κ1) is 39.6. The normalized spacial score (nSPS) is 14.4. The van der Waals surface area contributed by atoms with Crippen molar-refractivity contribution in [2.45, 2.75) is 83.4 Å². The summed E-state index contributed by atoms with van der Waals surface area (Å²) in [4.78, 5) is 32.6. The van der Waals surface area contributed by atoms with Crippen molar-refractivity contribution in [2.75, 3.05) is 43.1 Å². The van der Waals surface area contributed by atoms with Crippen LogP contribution in [0, 0.1) is 13.8 Å². The molecule has 0 unspecified atom stereocenters. The summed E-state index contributed by atoms with van der Waals surface area (Å²) in [6.07, 6.45) is 6.27. The van der Waals surface area contributed by atoms with Crippen LogP contribution in [0.15, 0.2) is 77.2 Å². The molecule has 1 aliphatic rings. The van der Waals surface area contributed by atoms with Gasteiger partial charge in [0.1, 0.15) is 18.2 Å². The van der Waals surface area contributed by atoms with Gasteiger partial charge in [0.05, 0.1) is 24.4 Å². The lowest BCUT2D eigenvalue weighted by atomic mass is 9.96. The molecule has 2 heterocycles. The van der Waals surface area contributed by atoms with E-state index in [1.807, 2.05) is 56.3 Å². The smallest absolute Gasteiger partial charge is 0.305 e. The first-order valence-corrected chi connectivity index (χ1v) is 19.9. The summed E-state index contributed by atoms with van der Waals surface area (Å²) in [5, 5.41) is 12.5. The third-order valence-electron chi connectivity index (χ3n) is 9.34. The molecule has 0 aliphatic carbocycles. The highest BCUT2D eigenvalue weighted by Crippen LogP contribution is 2.33. The molecule has 0 fully saturated rings. The molecule has 3 aromatic carbocycles. The predicted octanol–water partition coefficient (Wildman–Crippen LogP) is 8.18. The maximum atomic E-state index is 13.7. The number of rotatable bonds is 18. The average Bonchev–Trinajstić information content (AvgIpc) is 3.40. The topological polar surface area (TPSA) is 129 Å². The minimum Gasteiger partial charge on any atom is -0.611 e. The summed E-state index contributed by atoms with van der Waals surface area (Å²) in [6.45, 7) is 11.8. The van der Waals surface area contributed by atoms with Crippen molar-refractivity contribution < 1.29 is 28.7 Å². The van der Waals surface area contributed by atoms with Crippen molar-refractivity contribution in [3.63, 3.8) is 0 Å². The van der Waals surface area contributed by atoms with Gasteiger partial charge in [-0.05, 0) is 122 Å². The van der Waals surface area contributed by atoms with Crippen LogP contribution in [0.5, 0.6) is 5.75 Å². The van der Waals surface area contributed by atoms with Gasteiger partial charge in [0, 0.05) is 43.2 Å². The molecule has 5 rings (SSSR count). The van der Waals surface area contributed by atoms with Crippen LogP contribution in [0.1, 0.15) is 75.1 Å². The van der Waals surface area contributed by atoms with E-state index in [-0.39, 0.29) is 12.3 Å². The van der Waals surface area contributed by atoms with Gasteiger partial charge in [-0.1, -0.05) is 38.5 Å². The lowest BCUT2D eigenvalue weighted by Gasteiger charge is -2.28. The summed E-state index contributed by atoms with van der Waals surface area (Å²) >= 11 is -1.27. The van der Waals surface area contributed by atoms with Crippen molar-refractivity contribution in [1.82, 2.24) is 9.55 Å². The summed E-state index contributed by atoms with van der Waals surface area (Å²) in [7, 11) is 0. The van der Waals surface area contributed by atoms with E-state index < -0.39 is 17.1 Å². The Hall–Kier alpha value is -4.58. The van der Waals surface area contributed by atoms with Crippen LogP contribution in [-0.4, -0.2) is 64.0 Å². The third-order valence-corrected chi connectivity index (χ3v) is 10.7. The number of carbonyl (C=O) groups is 2. The van der Waals surface area contributed by atoms with Gasteiger partial charge in [0.25, 0.3) is 5.91 Å². The maximum absolute atomic E-state index is 13.7. The number of anilines is 2. The van der Waals surface area contributed by atoms with E-state index in [1.54, 1.807) is 24.3 Å². The van der Waals surface area contributed by atoms with Crippen LogP contribution in [0.2, 0.25) is 0 Å². The van der Waals surface area contributed by atoms with Crippen molar-refractivity contribution >= 4 is 40.5 Å². The van der Waals surface area contributed by atoms with Gasteiger partial charge in [-0.3, -0.25) is 9.59 Å². The summed E-state index contributed by atoms with van der Waals surface area (Å²) in [6, 6.07) is 21.2. The Balaban J connectivity index is 1.31. The first-order valence-electron chi connectivity index (χ1n) is 18.6.